The van der Waals surface area contributed by atoms with Gasteiger partial charge in [-0.2, -0.15) is 13.2 Å². The molecule has 0 spiro atoms. The van der Waals surface area contributed by atoms with Crippen molar-refractivity contribution in [3.05, 3.63) is 87.6 Å². The van der Waals surface area contributed by atoms with Crippen LogP contribution < -0.4 is 5.32 Å². The van der Waals surface area contributed by atoms with Crippen molar-refractivity contribution in [2.75, 3.05) is 11.9 Å². The number of fused-ring (bicyclic) bond motifs is 1. The third kappa shape index (κ3) is 4.66. The number of halogens is 3. The van der Waals surface area contributed by atoms with Crippen molar-refractivity contribution in [1.29, 1.82) is 0 Å². The number of amides is 2. The zero-order valence-corrected chi connectivity index (χ0v) is 18.9. The summed E-state index contributed by atoms with van der Waals surface area (Å²) in [5, 5.41) is 4.56. The molecule has 0 saturated carbocycles. The van der Waals surface area contributed by atoms with Gasteiger partial charge in [-0.3, -0.25) is 9.59 Å². The van der Waals surface area contributed by atoms with E-state index in [4.69, 9.17) is 0 Å². The molecule has 172 valence electrons. The molecule has 8 heteroatoms. The van der Waals surface area contributed by atoms with Gasteiger partial charge >= 0.3 is 6.18 Å². The number of hydrogen-bond acceptors (Lipinski definition) is 3. The first-order valence-electron chi connectivity index (χ1n) is 10.6. The summed E-state index contributed by atoms with van der Waals surface area (Å²) >= 11 is 1.45. The predicted molar refractivity (Wildman–Crippen MR) is 122 cm³/mol. The van der Waals surface area contributed by atoms with Crippen molar-refractivity contribution in [2.45, 2.75) is 32.0 Å². The lowest BCUT2D eigenvalue weighted by Crippen LogP contribution is -2.47. The number of nitrogens with zero attached hydrogens (tertiary/aromatic N) is 1. The van der Waals surface area contributed by atoms with E-state index in [-0.39, 0.29) is 17.5 Å². The van der Waals surface area contributed by atoms with Crippen molar-refractivity contribution < 1.29 is 22.8 Å². The summed E-state index contributed by atoms with van der Waals surface area (Å²) in [7, 11) is 0. The highest BCUT2D eigenvalue weighted by Crippen LogP contribution is 2.45. The molecule has 0 bridgehead atoms. The third-order valence-corrected chi connectivity index (χ3v) is 6.52. The zero-order valence-electron chi connectivity index (χ0n) is 18.1. The van der Waals surface area contributed by atoms with Crippen molar-refractivity contribution >= 4 is 28.8 Å². The molecule has 4 rings (SSSR count). The van der Waals surface area contributed by atoms with E-state index in [1.807, 2.05) is 31.4 Å². The van der Waals surface area contributed by atoms with Crippen LogP contribution >= 0.6 is 11.3 Å². The Hall–Kier alpha value is -3.13. The van der Waals surface area contributed by atoms with Crippen LogP contribution in [0.3, 0.4) is 0 Å². The molecule has 0 fully saturated rings. The molecule has 2 heterocycles. The highest BCUT2D eigenvalue weighted by Gasteiger charge is 2.44. The molecule has 1 aliphatic rings. The smallest absolute Gasteiger partial charge is 0.329 e. The summed E-state index contributed by atoms with van der Waals surface area (Å²) < 4.78 is 39.5. The van der Waals surface area contributed by atoms with Gasteiger partial charge in [0.25, 0.3) is 5.91 Å². The fraction of sp³-hybridized carbons (Fsp3) is 0.280. The van der Waals surface area contributed by atoms with Crippen LogP contribution in [0.5, 0.6) is 0 Å². The van der Waals surface area contributed by atoms with Crippen molar-refractivity contribution in [3.63, 3.8) is 0 Å². The minimum absolute atomic E-state index is 0.0598. The monoisotopic (exact) mass is 472 g/mol. The maximum Gasteiger partial charge on any atom is 0.416 e. The summed E-state index contributed by atoms with van der Waals surface area (Å²) in [4.78, 5) is 29.6. The summed E-state index contributed by atoms with van der Waals surface area (Å²) in [6.07, 6.45) is -4.52. The van der Waals surface area contributed by atoms with E-state index in [1.165, 1.54) is 23.5 Å². The Balaban J connectivity index is 1.79. The van der Waals surface area contributed by atoms with Crippen LogP contribution in [0.15, 0.2) is 66.0 Å². The standard InChI is InChI=1S/C25H23F3N2O2S/c1-15(2)14-30-22(20-11-6-12-33-20)21(18-9-3-4-10-19(18)24(30)32)23(31)29-17-8-5-7-16(13-17)25(26,27)28/h3-13,15,21-22H,14H2,1-2H3,(H,29,31)/t21-,22+/m1/s1. The van der Waals surface area contributed by atoms with Gasteiger partial charge in [-0.15, -0.1) is 11.3 Å². The number of hydrogen-bond donors (Lipinski definition) is 1. The van der Waals surface area contributed by atoms with Gasteiger partial charge in [0.2, 0.25) is 5.91 Å². The molecule has 2 amide bonds. The van der Waals surface area contributed by atoms with Gasteiger partial charge in [0, 0.05) is 22.7 Å². The van der Waals surface area contributed by atoms with Crippen LogP contribution in [0.25, 0.3) is 0 Å². The molecule has 33 heavy (non-hydrogen) atoms. The summed E-state index contributed by atoms with van der Waals surface area (Å²) in [5.74, 6) is -1.22. The van der Waals surface area contributed by atoms with E-state index < -0.39 is 29.6 Å². The number of benzene rings is 2. The zero-order chi connectivity index (χ0) is 23.8. The molecule has 1 aromatic heterocycles. The van der Waals surface area contributed by atoms with Crippen LogP contribution in [0.4, 0.5) is 18.9 Å². The molecular weight excluding hydrogens is 449 g/mol. The van der Waals surface area contributed by atoms with Gasteiger partial charge in [0.15, 0.2) is 0 Å². The number of anilines is 1. The fourth-order valence-electron chi connectivity index (χ4n) is 4.24. The van der Waals surface area contributed by atoms with E-state index in [2.05, 4.69) is 5.32 Å². The maximum absolute atomic E-state index is 13.6. The first-order chi connectivity index (χ1) is 15.7. The van der Waals surface area contributed by atoms with Gasteiger partial charge < -0.3 is 10.2 Å². The molecule has 0 radical (unpaired) electrons. The predicted octanol–water partition coefficient (Wildman–Crippen LogP) is 6.34. The summed E-state index contributed by atoms with van der Waals surface area (Å²) in [5.41, 5.74) is 0.237. The van der Waals surface area contributed by atoms with Crippen molar-refractivity contribution in [1.82, 2.24) is 4.90 Å². The summed E-state index contributed by atoms with van der Waals surface area (Å²) in [6.45, 7) is 4.44. The Morgan fingerprint density at radius 1 is 1.09 bits per heavy atom. The maximum atomic E-state index is 13.6. The second kappa shape index (κ2) is 9.02. The first kappa shape index (κ1) is 23.0. The lowest BCUT2D eigenvalue weighted by molar-refractivity contribution is -0.137. The van der Waals surface area contributed by atoms with E-state index in [0.29, 0.717) is 17.7 Å². The number of alkyl halides is 3. The average molecular weight is 473 g/mol. The van der Waals surface area contributed by atoms with Crippen molar-refractivity contribution in [2.24, 2.45) is 5.92 Å². The van der Waals surface area contributed by atoms with Gasteiger partial charge in [0.1, 0.15) is 0 Å². The molecule has 0 aliphatic carbocycles. The van der Waals surface area contributed by atoms with Gasteiger partial charge in [-0.05, 0) is 47.2 Å². The van der Waals surface area contributed by atoms with E-state index in [0.717, 1.165) is 17.0 Å². The number of carbonyl (C=O) groups is 2. The van der Waals surface area contributed by atoms with Crippen molar-refractivity contribution in [3.8, 4) is 0 Å². The van der Waals surface area contributed by atoms with Gasteiger partial charge in [0.05, 0.1) is 17.5 Å². The first-order valence-corrected chi connectivity index (χ1v) is 11.5. The molecular formula is C25H23F3N2O2S. The number of nitrogens with one attached hydrogen (secondary N) is 1. The molecule has 0 saturated heterocycles. The van der Waals surface area contributed by atoms with E-state index in [9.17, 15) is 22.8 Å². The Morgan fingerprint density at radius 3 is 2.52 bits per heavy atom. The Morgan fingerprint density at radius 2 is 1.85 bits per heavy atom. The summed E-state index contributed by atoms with van der Waals surface area (Å²) in [6, 6.07) is 14.7. The Bertz CT molecular complexity index is 1160. The van der Waals surface area contributed by atoms with Crippen LogP contribution in [0, 0.1) is 5.92 Å². The van der Waals surface area contributed by atoms with Crippen LogP contribution in [0.1, 0.15) is 52.2 Å². The Labute approximate surface area is 194 Å². The largest absolute Gasteiger partial charge is 0.416 e. The molecule has 3 aromatic rings. The number of carbonyl (C=O) groups excluding carboxylic acids is 2. The average Bonchev–Trinajstić information content (AvgIpc) is 3.29. The van der Waals surface area contributed by atoms with Gasteiger partial charge in [-0.25, -0.2) is 0 Å². The van der Waals surface area contributed by atoms with E-state index >= 15 is 0 Å². The molecule has 2 aromatic carbocycles. The fourth-order valence-corrected chi connectivity index (χ4v) is 5.11. The molecule has 0 unspecified atom stereocenters. The normalized spacial score (nSPS) is 18.4. The minimum atomic E-state index is -4.52. The quantitative estimate of drug-likeness (QED) is 0.471. The molecule has 1 aliphatic heterocycles. The van der Waals surface area contributed by atoms with Crippen LogP contribution in [-0.2, 0) is 11.0 Å². The molecule has 4 nitrogen and oxygen atoms in total. The molecule has 1 N–H and O–H groups in total. The lowest BCUT2D eigenvalue weighted by Gasteiger charge is -2.42. The third-order valence-electron chi connectivity index (χ3n) is 5.58. The van der Waals surface area contributed by atoms with E-state index in [1.54, 1.807) is 29.2 Å². The highest BCUT2D eigenvalue weighted by molar-refractivity contribution is 7.10. The second-order valence-corrected chi connectivity index (χ2v) is 9.42. The van der Waals surface area contributed by atoms with Crippen LogP contribution in [-0.4, -0.2) is 23.3 Å². The Kier molecular flexibility index (Phi) is 6.30. The lowest BCUT2D eigenvalue weighted by atomic mass is 9.81. The minimum Gasteiger partial charge on any atom is -0.329 e. The highest BCUT2D eigenvalue weighted by atomic mass is 32.1. The second-order valence-electron chi connectivity index (χ2n) is 8.44. The van der Waals surface area contributed by atoms with Crippen LogP contribution in [0.2, 0.25) is 0 Å². The van der Waals surface area contributed by atoms with Gasteiger partial charge in [-0.1, -0.05) is 44.2 Å². The SMILES string of the molecule is CC(C)CN1C(=O)c2ccccc2[C@@H](C(=O)Nc2cccc(C(F)(F)F)c2)[C@@H]1c1cccs1. The molecule has 2 atom stereocenters. The number of thiophene rings is 1. The topological polar surface area (TPSA) is 49.4 Å². The number of rotatable bonds is 5.